The maximum atomic E-state index is 6.10. The quantitative estimate of drug-likeness (QED) is 0.689. The van der Waals surface area contributed by atoms with E-state index in [9.17, 15) is 0 Å². The average molecular weight is 205 g/mol. The van der Waals surface area contributed by atoms with Crippen LogP contribution < -0.4 is 5.73 Å². The van der Waals surface area contributed by atoms with Gasteiger partial charge in [-0.25, -0.2) is 0 Å². The third kappa shape index (κ3) is 2.53. The second-order valence-electron chi connectivity index (χ2n) is 5.70. The molecule has 0 unspecified atom stereocenters. The molecule has 84 valence electrons. The van der Waals surface area contributed by atoms with Crippen molar-refractivity contribution in [1.29, 1.82) is 0 Å². The molecule has 0 aromatic heterocycles. The molecule has 0 heterocycles. The number of aryl methyl sites for hydroxylation is 1. The van der Waals surface area contributed by atoms with E-state index in [1.807, 2.05) is 0 Å². The summed E-state index contributed by atoms with van der Waals surface area (Å²) in [5.74, 6) is 0.492. The molecule has 1 heteroatoms. The summed E-state index contributed by atoms with van der Waals surface area (Å²) in [7, 11) is 0. The van der Waals surface area contributed by atoms with Gasteiger partial charge in [-0.15, -0.1) is 0 Å². The number of hydrogen-bond acceptors (Lipinski definition) is 1. The van der Waals surface area contributed by atoms with Crippen molar-refractivity contribution in [2.75, 3.05) is 5.73 Å². The molecule has 0 saturated heterocycles. The fourth-order valence-electron chi connectivity index (χ4n) is 1.74. The minimum Gasteiger partial charge on any atom is -0.398 e. The summed E-state index contributed by atoms with van der Waals surface area (Å²) < 4.78 is 0. The maximum absolute atomic E-state index is 6.10. The van der Waals surface area contributed by atoms with Gasteiger partial charge in [0.2, 0.25) is 0 Å². The fourth-order valence-corrected chi connectivity index (χ4v) is 1.74. The highest BCUT2D eigenvalue weighted by Gasteiger charge is 2.17. The van der Waals surface area contributed by atoms with Gasteiger partial charge in [0.1, 0.15) is 0 Å². The first-order chi connectivity index (χ1) is 6.73. The normalized spacial score (nSPS) is 12.2. The van der Waals surface area contributed by atoms with Crippen LogP contribution in [-0.4, -0.2) is 0 Å². The molecule has 0 aliphatic carbocycles. The van der Waals surface area contributed by atoms with Gasteiger partial charge in [0.25, 0.3) is 0 Å². The van der Waals surface area contributed by atoms with Gasteiger partial charge in [-0.2, -0.15) is 0 Å². The van der Waals surface area contributed by atoms with Gasteiger partial charge < -0.3 is 5.73 Å². The van der Waals surface area contributed by atoms with Gasteiger partial charge in [0, 0.05) is 5.69 Å². The SMILES string of the molecule is Cc1cc(C(C)(C)C)cc(C(C)C)c1N. The lowest BCUT2D eigenvalue weighted by Gasteiger charge is -2.23. The lowest BCUT2D eigenvalue weighted by Crippen LogP contribution is -2.13. The van der Waals surface area contributed by atoms with Crippen LogP contribution in [0.1, 0.15) is 57.2 Å². The van der Waals surface area contributed by atoms with Crippen molar-refractivity contribution in [3.8, 4) is 0 Å². The Labute approximate surface area is 93.7 Å². The number of anilines is 1. The van der Waals surface area contributed by atoms with Crippen molar-refractivity contribution in [3.05, 3.63) is 28.8 Å². The second-order valence-corrected chi connectivity index (χ2v) is 5.70. The minimum atomic E-state index is 0.197. The molecule has 1 nitrogen and oxygen atoms in total. The summed E-state index contributed by atoms with van der Waals surface area (Å²) in [5, 5.41) is 0. The number of hydrogen-bond donors (Lipinski definition) is 1. The zero-order chi connectivity index (χ0) is 11.8. The molecule has 1 rings (SSSR count). The minimum absolute atomic E-state index is 0.197. The monoisotopic (exact) mass is 205 g/mol. The van der Waals surface area contributed by atoms with Gasteiger partial charge >= 0.3 is 0 Å². The van der Waals surface area contributed by atoms with Crippen LogP contribution in [0.15, 0.2) is 12.1 Å². The lowest BCUT2D eigenvalue weighted by molar-refractivity contribution is 0.588. The van der Waals surface area contributed by atoms with Crippen LogP contribution in [0.3, 0.4) is 0 Å². The molecule has 1 aromatic carbocycles. The molecule has 0 aliphatic rings. The Balaban J connectivity index is 3.36. The van der Waals surface area contributed by atoms with Crippen molar-refractivity contribution in [2.24, 2.45) is 0 Å². The summed E-state index contributed by atoms with van der Waals surface area (Å²) in [6.45, 7) is 13.2. The summed E-state index contributed by atoms with van der Waals surface area (Å²) in [6.07, 6.45) is 0. The number of rotatable bonds is 1. The van der Waals surface area contributed by atoms with Crippen molar-refractivity contribution in [3.63, 3.8) is 0 Å². The molecule has 0 atom stereocenters. The molecule has 0 bridgehead atoms. The highest BCUT2D eigenvalue weighted by atomic mass is 14.6. The predicted octanol–water partition coefficient (Wildman–Crippen LogP) is 4.00. The molecule has 0 aliphatic heterocycles. The van der Waals surface area contributed by atoms with Crippen molar-refractivity contribution < 1.29 is 0 Å². The Morgan fingerprint density at radius 3 is 2.07 bits per heavy atom. The smallest absolute Gasteiger partial charge is 0.0379 e. The number of benzene rings is 1. The number of nitrogens with two attached hydrogens (primary N) is 1. The molecule has 2 N–H and O–H groups in total. The Morgan fingerprint density at radius 2 is 1.67 bits per heavy atom. The van der Waals surface area contributed by atoms with E-state index in [1.165, 1.54) is 16.7 Å². The third-order valence-corrected chi connectivity index (χ3v) is 2.91. The van der Waals surface area contributed by atoms with Crippen molar-refractivity contribution in [1.82, 2.24) is 0 Å². The Kier molecular flexibility index (Phi) is 3.13. The Morgan fingerprint density at radius 1 is 1.13 bits per heavy atom. The van der Waals surface area contributed by atoms with Crippen LogP contribution in [0, 0.1) is 6.92 Å². The average Bonchev–Trinajstić information content (AvgIpc) is 2.06. The van der Waals surface area contributed by atoms with E-state index < -0.39 is 0 Å². The zero-order valence-electron chi connectivity index (χ0n) is 10.8. The first-order valence-electron chi connectivity index (χ1n) is 5.64. The van der Waals surface area contributed by atoms with Crippen molar-refractivity contribution in [2.45, 2.75) is 52.9 Å². The molecular weight excluding hydrogens is 182 g/mol. The van der Waals surface area contributed by atoms with Crippen LogP contribution in [0.4, 0.5) is 5.69 Å². The van der Waals surface area contributed by atoms with E-state index in [1.54, 1.807) is 0 Å². The highest BCUT2D eigenvalue weighted by molar-refractivity contribution is 5.57. The molecule has 0 spiro atoms. The molecule has 1 aromatic rings. The van der Waals surface area contributed by atoms with Crippen LogP contribution in [0.5, 0.6) is 0 Å². The molecule has 0 fully saturated rings. The van der Waals surface area contributed by atoms with E-state index in [2.05, 4.69) is 53.7 Å². The Bertz CT molecular complexity index is 356. The highest BCUT2D eigenvalue weighted by Crippen LogP contribution is 2.31. The van der Waals surface area contributed by atoms with Gasteiger partial charge in [0.05, 0.1) is 0 Å². The van der Waals surface area contributed by atoms with Crippen LogP contribution in [0.25, 0.3) is 0 Å². The van der Waals surface area contributed by atoms with Gasteiger partial charge in [-0.05, 0) is 34.9 Å². The molecular formula is C14H23N. The van der Waals surface area contributed by atoms with Gasteiger partial charge in [-0.3, -0.25) is 0 Å². The fraction of sp³-hybridized carbons (Fsp3) is 0.571. The predicted molar refractivity (Wildman–Crippen MR) is 68.4 cm³/mol. The zero-order valence-corrected chi connectivity index (χ0v) is 10.8. The molecule has 0 amide bonds. The van der Waals surface area contributed by atoms with E-state index >= 15 is 0 Å². The van der Waals surface area contributed by atoms with Gasteiger partial charge in [0.15, 0.2) is 0 Å². The largest absolute Gasteiger partial charge is 0.398 e. The lowest BCUT2D eigenvalue weighted by atomic mass is 9.83. The summed E-state index contributed by atoms with van der Waals surface area (Å²) in [6, 6.07) is 4.47. The standard InChI is InChI=1S/C14H23N/c1-9(2)12-8-11(14(4,5)6)7-10(3)13(12)15/h7-9H,15H2,1-6H3. The van der Waals surface area contributed by atoms with Crippen molar-refractivity contribution >= 4 is 5.69 Å². The summed E-state index contributed by atoms with van der Waals surface area (Å²) in [5.41, 5.74) is 11.1. The second kappa shape index (κ2) is 3.88. The van der Waals surface area contributed by atoms with Gasteiger partial charge in [-0.1, -0.05) is 46.8 Å². The van der Waals surface area contributed by atoms with Crippen LogP contribution in [-0.2, 0) is 5.41 Å². The third-order valence-electron chi connectivity index (χ3n) is 2.91. The molecule has 15 heavy (non-hydrogen) atoms. The first kappa shape index (κ1) is 12.1. The maximum Gasteiger partial charge on any atom is 0.0379 e. The Hall–Kier alpha value is -0.980. The first-order valence-corrected chi connectivity index (χ1v) is 5.64. The molecule has 0 radical (unpaired) electrons. The van der Waals surface area contributed by atoms with E-state index in [-0.39, 0.29) is 5.41 Å². The van der Waals surface area contributed by atoms with Crippen LogP contribution in [0.2, 0.25) is 0 Å². The number of nitrogen functional groups attached to an aromatic ring is 1. The summed E-state index contributed by atoms with van der Waals surface area (Å²) >= 11 is 0. The summed E-state index contributed by atoms with van der Waals surface area (Å²) in [4.78, 5) is 0. The topological polar surface area (TPSA) is 26.0 Å². The van der Waals surface area contributed by atoms with Crippen LogP contribution >= 0.6 is 0 Å². The molecule has 0 saturated carbocycles. The van der Waals surface area contributed by atoms with E-state index in [0.717, 1.165) is 5.69 Å². The van der Waals surface area contributed by atoms with E-state index in [4.69, 9.17) is 5.73 Å². The van der Waals surface area contributed by atoms with E-state index in [0.29, 0.717) is 5.92 Å².